The molecule has 0 bridgehead atoms. The summed E-state index contributed by atoms with van der Waals surface area (Å²) < 4.78 is 67.3. The highest BCUT2D eigenvalue weighted by Gasteiger charge is 2.44. The fourth-order valence-electron chi connectivity index (χ4n) is 3.43. The third-order valence-corrected chi connectivity index (χ3v) is 7.14. The first-order valence-corrected chi connectivity index (χ1v) is 10.9. The van der Waals surface area contributed by atoms with Gasteiger partial charge in [0.15, 0.2) is 0 Å². The molecule has 1 amide bonds. The monoisotopic (exact) mass is 474 g/mol. The summed E-state index contributed by atoms with van der Waals surface area (Å²) in [6.45, 7) is -0.323. The smallest absolute Gasteiger partial charge is 0.507 e. The Morgan fingerprint density at radius 1 is 1.09 bits per heavy atom. The lowest BCUT2D eigenvalue weighted by Crippen LogP contribution is -2.55. The molecule has 174 valence electrons. The molecule has 1 aliphatic rings. The quantitative estimate of drug-likeness (QED) is 0.690. The molecule has 32 heavy (non-hydrogen) atoms. The van der Waals surface area contributed by atoms with Gasteiger partial charge in [-0.25, -0.2) is 8.42 Å². The second-order valence-electron chi connectivity index (χ2n) is 7.31. The van der Waals surface area contributed by atoms with E-state index < -0.39 is 39.4 Å². The van der Waals surface area contributed by atoms with Gasteiger partial charge in [-0.2, -0.15) is 4.31 Å². The minimum absolute atomic E-state index is 0.162. The Labute approximate surface area is 182 Å². The van der Waals surface area contributed by atoms with Crippen molar-refractivity contribution in [2.75, 3.05) is 25.0 Å². The molecule has 0 aromatic heterocycles. The first kappa shape index (κ1) is 23.8. The van der Waals surface area contributed by atoms with Gasteiger partial charge in [-0.3, -0.25) is 4.79 Å². The van der Waals surface area contributed by atoms with Crippen LogP contribution in [-0.2, 0) is 14.8 Å². The van der Waals surface area contributed by atoms with Gasteiger partial charge in [0, 0.05) is 25.8 Å². The summed E-state index contributed by atoms with van der Waals surface area (Å²) in [4.78, 5) is 13.7. The van der Waals surface area contributed by atoms with E-state index in [1.54, 1.807) is 0 Å². The topological polar surface area (TPSA) is 107 Å². The van der Waals surface area contributed by atoms with Gasteiger partial charge in [0.25, 0.3) is 5.91 Å². The predicted octanol–water partition coefficient (Wildman–Crippen LogP) is 2.47. The number of para-hydroxylation sites is 1. The zero-order chi connectivity index (χ0) is 23.7. The number of carbonyl (C=O) groups excluding carboxylic acids is 1. The molecule has 1 fully saturated rings. The van der Waals surface area contributed by atoms with Crippen LogP contribution in [0.4, 0.5) is 18.9 Å². The van der Waals surface area contributed by atoms with E-state index in [0.29, 0.717) is 0 Å². The van der Waals surface area contributed by atoms with Crippen LogP contribution in [0.25, 0.3) is 0 Å². The number of rotatable bonds is 5. The van der Waals surface area contributed by atoms with Crippen molar-refractivity contribution in [2.24, 2.45) is 0 Å². The molecule has 0 atom stereocenters. The number of piperidine rings is 1. The Kier molecular flexibility index (Phi) is 6.40. The van der Waals surface area contributed by atoms with E-state index in [9.17, 15) is 36.6 Å². The van der Waals surface area contributed by atoms with Crippen molar-refractivity contribution < 1.29 is 41.3 Å². The third kappa shape index (κ3) is 4.97. The van der Waals surface area contributed by atoms with Crippen LogP contribution in [0.2, 0.25) is 0 Å². The van der Waals surface area contributed by atoms with E-state index in [2.05, 4.69) is 4.74 Å². The molecule has 1 saturated heterocycles. The number of halogens is 3. The van der Waals surface area contributed by atoms with E-state index in [4.69, 9.17) is 0 Å². The SMILES string of the molecule is CN(C(=O)C1(O)CCN(S(=O)(=O)c2ccccc2O)CC1)c1ccc(OC(F)(F)F)cc1. The van der Waals surface area contributed by atoms with Gasteiger partial charge in [-0.1, -0.05) is 12.1 Å². The number of aliphatic hydroxyl groups is 1. The Morgan fingerprint density at radius 2 is 1.66 bits per heavy atom. The zero-order valence-electron chi connectivity index (χ0n) is 16.9. The van der Waals surface area contributed by atoms with Crippen molar-refractivity contribution in [1.29, 1.82) is 0 Å². The Hall–Kier alpha value is -2.83. The van der Waals surface area contributed by atoms with Gasteiger partial charge >= 0.3 is 6.36 Å². The van der Waals surface area contributed by atoms with Crippen molar-refractivity contribution in [3.05, 3.63) is 48.5 Å². The Balaban J connectivity index is 1.69. The molecule has 2 aromatic carbocycles. The number of likely N-dealkylation sites (N-methyl/N-ethyl adjacent to an activating group) is 1. The average molecular weight is 474 g/mol. The van der Waals surface area contributed by atoms with E-state index in [1.165, 1.54) is 43.4 Å². The number of hydrogen-bond acceptors (Lipinski definition) is 6. The number of anilines is 1. The zero-order valence-corrected chi connectivity index (χ0v) is 17.7. The molecule has 0 aliphatic carbocycles. The maximum Gasteiger partial charge on any atom is 0.573 e. The normalized spacial score (nSPS) is 17.0. The highest BCUT2D eigenvalue weighted by Crippen LogP contribution is 2.32. The third-order valence-electron chi connectivity index (χ3n) is 5.19. The van der Waals surface area contributed by atoms with Crippen molar-refractivity contribution in [1.82, 2.24) is 4.31 Å². The largest absolute Gasteiger partial charge is 0.573 e. The molecule has 3 rings (SSSR count). The van der Waals surface area contributed by atoms with Crippen LogP contribution in [0.1, 0.15) is 12.8 Å². The Morgan fingerprint density at radius 3 is 2.19 bits per heavy atom. The summed E-state index contributed by atoms with van der Waals surface area (Å²) >= 11 is 0. The van der Waals surface area contributed by atoms with Crippen LogP contribution in [0.3, 0.4) is 0 Å². The van der Waals surface area contributed by atoms with Crippen LogP contribution >= 0.6 is 0 Å². The van der Waals surface area contributed by atoms with E-state index in [0.717, 1.165) is 21.3 Å². The fourth-order valence-corrected chi connectivity index (χ4v) is 4.95. The molecule has 0 saturated carbocycles. The molecular formula is C20H21F3N2O6S. The van der Waals surface area contributed by atoms with Gasteiger partial charge in [-0.15, -0.1) is 13.2 Å². The fraction of sp³-hybridized carbons (Fsp3) is 0.350. The number of hydrogen-bond donors (Lipinski definition) is 2. The van der Waals surface area contributed by atoms with Gasteiger partial charge in [-0.05, 0) is 49.2 Å². The van der Waals surface area contributed by atoms with Gasteiger partial charge in [0.05, 0.1) is 0 Å². The van der Waals surface area contributed by atoms with Gasteiger partial charge in [0.1, 0.15) is 22.0 Å². The first-order valence-electron chi connectivity index (χ1n) is 9.48. The van der Waals surface area contributed by atoms with Crippen LogP contribution in [-0.4, -0.2) is 60.9 Å². The van der Waals surface area contributed by atoms with E-state index in [-0.39, 0.29) is 36.5 Å². The molecule has 0 radical (unpaired) electrons. The standard InChI is InChI=1S/C20H21F3N2O6S/c1-24(14-6-8-15(9-7-14)31-20(21,22)23)18(27)19(28)10-12-25(13-11-19)32(29,30)17-5-3-2-4-16(17)26/h2-9,26,28H,10-13H2,1H3. The number of benzene rings is 2. The molecule has 1 heterocycles. The number of nitrogens with zero attached hydrogens (tertiary/aromatic N) is 2. The number of ether oxygens (including phenoxy) is 1. The molecule has 12 heteroatoms. The number of aromatic hydroxyl groups is 1. The minimum atomic E-state index is -4.84. The highest BCUT2D eigenvalue weighted by molar-refractivity contribution is 7.89. The lowest BCUT2D eigenvalue weighted by atomic mass is 9.91. The predicted molar refractivity (Wildman–Crippen MR) is 108 cm³/mol. The number of phenolic OH excluding ortho intramolecular Hbond substituents is 1. The number of phenols is 1. The van der Waals surface area contributed by atoms with Crippen LogP contribution in [0.5, 0.6) is 11.5 Å². The summed E-state index contributed by atoms with van der Waals surface area (Å²) in [6.07, 6.45) is -5.24. The number of alkyl halides is 3. The number of amides is 1. The van der Waals surface area contributed by atoms with Crippen molar-refractivity contribution in [3.8, 4) is 11.5 Å². The average Bonchev–Trinajstić information content (AvgIpc) is 2.72. The minimum Gasteiger partial charge on any atom is -0.507 e. The molecule has 0 spiro atoms. The first-order chi connectivity index (χ1) is 14.8. The molecule has 2 N–H and O–H groups in total. The second kappa shape index (κ2) is 8.60. The lowest BCUT2D eigenvalue weighted by molar-refractivity contribution is -0.274. The van der Waals surface area contributed by atoms with Crippen LogP contribution in [0.15, 0.2) is 53.4 Å². The van der Waals surface area contributed by atoms with Gasteiger partial charge < -0.3 is 19.8 Å². The lowest BCUT2D eigenvalue weighted by Gasteiger charge is -2.38. The van der Waals surface area contributed by atoms with E-state index >= 15 is 0 Å². The molecular weight excluding hydrogens is 453 g/mol. The van der Waals surface area contributed by atoms with Gasteiger partial charge in [0.2, 0.25) is 10.0 Å². The summed E-state index contributed by atoms with van der Waals surface area (Å²) in [5.74, 6) is -1.58. The number of sulfonamides is 1. The van der Waals surface area contributed by atoms with E-state index in [1.807, 2.05) is 0 Å². The molecule has 2 aromatic rings. The molecule has 1 aliphatic heterocycles. The Bertz CT molecular complexity index is 1080. The van der Waals surface area contributed by atoms with Crippen LogP contribution < -0.4 is 9.64 Å². The highest BCUT2D eigenvalue weighted by atomic mass is 32.2. The maximum atomic E-state index is 12.9. The maximum absolute atomic E-state index is 12.9. The molecule has 8 nitrogen and oxygen atoms in total. The van der Waals surface area contributed by atoms with Crippen molar-refractivity contribution >= 4 is 21.6 Å². The van der Waals surface area contributed by atoms with Crippen molar-refractivity contribution in [2.45, 2.75) is 29.7 Å². The molecule has 0 unspecified atom stereocenters. The van der Waals surface area contributed by atoms with Crippen LogP contribution in [0, 0.1) is 0 Å². The number of carbonyl (C=O) groups is 1. The summed E-state index contributed by atoms with van der Waals surface area (Å²) in [5.41, 5.74) is -1.64. The second-order valence-corrected chi connectivity index (χ2v) is 9.22. The van der Waals surface area contributed by atoms with Crippen molar-refractivity contribution in [3.63, 3.8) is 0 Å². The summed E-state index contributed by atoms with van der Waals surface area (Å²) in [7, 11) is -2.67. The summed E-state index contributed by atoms with van der Waals surface area (Å²) in [6, 6.07) is 10.0. The summed E-state index contributed by atoms with van der Waals surface area (Å²) in [5, 5.41) is 20.7.